The lowest BCUT2D eigenvalue weighted by atomic mass is 9.83. The predicted molar refractivity (Wildman–Crippen MR) is 77.4 cm³/mol. The van der Waals surface area contributed by atoms with E-state index in [1.807, 2.05) is 0 Å². The molecular formula is C14H27BrO3. The zero-order valence-corrected chi connectivity index (χ0v) is 13.2. The molecule has 4 heteroatoms. The van der Waals surface area contributed by atoms with Crippen LogP contribution in [-0.4, -0.2) is 45.5 Å². The zero-order valence-electron chi connectivity index (χ0n) is 11.6. The van der Waals surface area contributed by atoms with E-state index < -0.39 is 0 Å². The lowest BCUT2D eigenvalue weighted by molar-refractivity contribution is -0.00350. The average molecular weight is 323 g/mol. The van der Waals surface area contributed by atoms with Gasteiger partial charge in [-0.1, -0.05) is 41.6 Å². The topological polar surface area (TPSA) is 27.7 Å². The number of hydrogen-bond acceptors (Lipinski definition) is 3. The van der Waals surface area contributed by atoms with Crippen LogP contribution in [0.3, 0.4) is 0 Å². The van der Waals surface area contributed by atoms with Crippen molar-refractivity contribution in [2.75, 3.05) is 45.5 Å². The standard InChI is InChI=1S/C14H27BrO3/c1-16-8-9-17-10-11-18-13-14(12-15)6-4-2-3-5-7-14/h2-13H2,1H3. The lowest BCUT2D eigenvalue weighted by Gasteiger charge is -2.30. The van der Waals surface area contributed by atoms with Crippen molar-refractivity contribution < 1.29 is 14.2 Å². The molecule has 18 heavy (non-hydrogen) atoms. The molecule has 0 amide bonds. The minimum absolute atomic E-state index is 0.364. The maximum Gasteiger partial charge on any atom is 0.0701 e. The molecule has 0 N–H and O–H groups in total. The Morgan fingerprint density at radius 2 is 1.50 bits per heavy atom. The third-order valence-corrected chi connectivity index (χ3v) is 4.85. The first kappa shape index (κ1) is 16.4. The first-order valence-corrected chi connectivity index (χ1v) is 8.15. The molecule has 1 rings (SSSR count). The molecule has 0 saturated heterocycles. The Kier molecular flexibility index (Phi) is 9.29. The fraction of sp³-hybridized carbons (Fsp3) is 1.00. The van der Waals surface area contributed by atoms with Crippen LogP contribution < -0.4 is 0 Å². The Morgan fingerprint density at radius 3 is 2.11 bits per heavy atom. The molecule has 0 heterocycles. The van der Waals surface area contributed by atoms with Crippen LogP contribution in [0.15, 0.2) is 0 Å². The summed E-state index contributed by atoms with van der Waals surface area (Å²) in [5, 5.41) is 1.06. The van der Waals surface area contributed by atoms with Crippen molar-refractivity contribution in [3.8, 4) is 0 Å². The normalized spacial score (nSPS) is 19.7. The van der Waals surface area contributed by atoms with Gasteiger partial charge in [0.05, 0.1) is 33.0 Å². The molecule has 0 spiro atoms. The molecule has 1 saturated carbocycles. The average Bonchev–Trinajstić information content (AvgIpc) is 2.64. The Balaban J connectivity index is 2.10. The largest absolute Gasteiger partial charge is 0.382 e. The summed E-state index contributed by atoms with van der Waals surface area (Å²) >= 11 is 3.68. The molecule has 0 aromatic carbocycles. The van der Waals surface area contributed by atoms with Gasteiger partial charge in [0.2, 0.25) is 0 Å². The van der Waals surface area contributed by atoms with Gasteiger partial charge < -0.3 is 14.2 Å². The Bertz CT molecular complexity index is 191. The van der Waals surface area contributed by atoms with Gasteiger partial charge in [0.15, 0.2) is 0 Å². The van der Waals surface area contributed by atoms with E-state index in [0.717, 1.165) is 11.9 Å². The van der Waals surface area contributed by atoms with Gasteiger partial charge in [-0.05, 0) is 12.8 Å². The van der Waals surface area contributed by atoms with E-state index >= 15 is 0 Å². The van der Waals surface area contributed by atoms with E-state index in [2.05, 4.69) is 15.9 Å². The van der Waals surface area contributed by atoms with Crippen LogP contribution >= 0.6 is 15.9 Å². The number of rotatable bonds is 9. The number of halogens is 1. The summed E-state index contributed by atoms with van der Waals surface area (Å²) in [7, 11) is 1.69. The highest BCUT2D eigenvalue weighted by Gasteiger charge is 2.29. The SMILES string of the molecule is COCCOCCOCC1(CBr)CCCCCC1. The van der Waals surface area contributed by atoms with E-state index in [-0.39, 0.29) is 0 Å². The van der Waals surface area contributed by atoms with Gasteiger partial charge in [0.1, 0.15) is 0 Å². The van der Waals surface area contributed by atoms with Crippen LogP contribution in [-0.2, 0) is 14.2 Å². The van der Waals surface area contributed by atoms with Gasteiger partial charge in [0.25, 0.3) is 0 Å². The van der Waals surface area contributed by atoms with Crippen molar-refractivity contribution in [1.29, 1.82) is 0 Å². The summed E-state index contributed by atoms with van der Waals surface area (Å²) in [5.41, 5.74) is 0.364. The van der Waals surface area contributed by atoms with Crippen LogP contribution in [0.2, 0.25) is 0 Å². The van der Waals surface area contributed by atoms with E-state index in [1.54, 1.807) is 7.11 Å². The molecule has 1 fully saturated rings. The van der Waals surface area contributed by atoms with Gasteiger partial charge in [-0.3, -0.25) is 0 Å². The van der Waals surface area contributed by atoms with Crippen molar-refractivity contribution >= 4 is 15.9 Å². The molecule has 3 nitrogen and oxygen atoms in total. The highest BCUT2D eigenvalue weighted by molar-refractivity contribution is 9.09. The lowest BCUT2D eigenvalue weighted by Crippen LogP contribution is -2.29. The van der Waals surface area contributed by atoms with E-state index in [4.69, 9.17) is 14.2 Å². The first-order valence-electron chi connectivity index (χ1n) is 7.03. The molecular weight excluding hydrogens is 296 g/mol. The van der Waals surface area contributed by atoms with E-state index in [9.17, 15) is 0 Å². The fourth-order valence-electron chi connectivity index (χ4n) is 2.45. The maximum atomic E-state index is 5.81. The van der Waals surface area contributed by atoms with Crippen LogP contribution in [0.25, 0.3) is 0 Å². The summed E-state index contributed by atoms with van der Waals surface area (Å²) in [6, 6.07) is 0. The smallest absolute Gasteiger partial charge is 0.0701 e. The number of alkyl halides is 1. The molecule has 0 aliphatic heterocycles. The molecule has 0 unspecified atom stereocenters. The number of hydrogen-bond donors (Lipinski definition) is 0. The summed E-state index contributed by atoms with van der Waals surface area (Å²) in [6.45, 7) is 3.54. The molecule has 0 radical (unpaired) electrons. The highest BCUT2D eigenvalue weighted by atomic mass is 79.9. The van der Waals surface area contributed by atoms with E-state index in [0.29, 0.717) is 31.8 Å². The molecule has 1 aliphatic rings. The molecule has 0 aromatic rings. The van der Waals surface area contributed by atoms with Crippen molar-refractivity contribution in [3.05, 3.63) is 0 Å². The molecule has 0 atom stereocenters. The Morgan fingerprint density at radius 1 is 0.889 bits per heavy atom. The number of methoxy groups -OCH3 is 1. The Labute approximate surface area is 120 Å². The summed E-state index contributed by atoms with van der Waals surface area (Å²) in [4.78, 5) is 0. The van der Waals surface area contributed by atoms with Crippen molar-refractivity contribution in [3.63, 3.8) is 0 Å². The minimum Gasteiger partial charge on any atom is -0.382 e. The van der Waals surface area contributed by atoms with Crippen LogP contribution in [0.5, 0.6) is 0 Å². The highest BCUT2D eigenvalue weighted by Crippen LogP contribution is 2.36. The van der Waals surface area contributed by atoms with Gasteiger partial charge in [0, 0.05) is 17.9 Å². The quantitative estimate of drug-likeness (QED) is 0.370. The second-order valence-corrected chi connectivity index (χ2v) is 5.77. The van der Waals surface area contributed by atoms with Crippen LogP contribution in [0.4, 0.5) is 0 Å². The first-order chi connectivity index (χ1) is 8.83. The fourth-order valence-corrected chi connectivity index (χ4v) is 3.17. The molecule has 1 aliphatic carbocycles. The Hall–Kier alpha value is 0.360. The minimum atomic E-state index is 0.364. The third kappa shape index (κ3) is 6.50. The maximum absolute atomic E-state index is 5.81. The summed E-state index contributed by atoms with van der Waals surface area (Å²) in [5.74, 6) is 0. The third-order valence-electron chi connectivity index (χ3n) is 3.66. The van der Waals surface area contributed by atoms with Crippen molar-refractivity contribution in [2.24, 2.45) is 5.41 Å². The predicted octanol–water partition coefficient (Wildman–Crippen LogP) is 3.40. The van der Waals surface area contributed by atoms with Gasteiger partial charge in [-0.2, -0.15) is 0 Å². The van der Waals surface area contributed by atoms with E-state index in [1.165, 1.54) is 38.5 Å². The molecule has 0 aromatic heterocycles. The molecule has 108 valence electrons. The second kappa shape index (κ2) is 10.2. The zero-order chi connectivity index (χ0) is 13.1. The van der Waals surface area contributed by atoms with Crippen LogP contribution in [0.1, 0.15) is 38.5 Å². The van der Waals surface area contributed by atoms with Gasteiger partial charge >= 0.3 is 0 Å². The second-order valence-electron chi connectivity index (χ2n) is 5.21. The number of ether oxygens (including phenoxy) is 3. The van der Waals surface area contributed by atoms with Crippen molar-refractivity contribution in [2.45, 2.75) is 38.5 Å². The summed E-state index contributed by atoms with van der Waals surface area (Å²) < 4.78 is 16.1. The van der Waals surface area contributed by atoms with Crippen molar-refractivity contribution in [1.82, 2.24) is 0 Å². The van der Waals surface area contributed by atoms with Crippen LogP contribution in [0, 0.1) is 5.41 Å². The molecule has 0 bridgehead atoms. The monoisotopic (exact) mass is 322 g/mol. The van der Waals surface area contributed by atoms with Gasteiger partial charge in [-0.15, -0.1) is 0 Å². The summed E-state index contributed by atoms with van der Waals surface area (Å²) in [6.07, 6.45) is 8.05. The van der Waals surface area contributed by atoms with Gasteiger partial charge in [-0.25, -0.2) is 0 Å².